The van der Waals surface area contributed by atoms with Crippen LogP contribution >= 0.6 is 0 Å². The lowest BCUT2D eigenvalue weighted by Gasteiger charge is -2.18. The lowest BCUT2D eigenvalue weighted by atomic mass is 10.1. The number of nitrogens with two attached hydrogens (primary N) is 1. The predicted molar refractivity (Wildman–Crippen MR) is 76.8 cm³/mol. The van der Waals surface area contributed by atoms with Crippen LogP contribution in [-0.4, -0.2) is 32.0 Å². The Bertz CT molecular complexity index is 361. The molecule has 0 saturated carbocycles. The predicted octanol–water partition coefficient (Wildman–Crippen LogP) is 2.61. The van der Waals surface area contributed by atoms with Gasteiger partial charge >= 0.3 is 0 Å². The summed E-state index contributed by atoms with van der Waals surface area (Å²) in [5, 5.41) is 0. The molecule has 0 radical (unpaired) electrons. The maximum atomic E-state index is 5.82. The minimum atomic E-state index is -0.271. The molecule has 0 aliphatic heterocycles. The minimum absolute atomic E-state index is 0.271. The van der Waals surface area contributed by atoms with Gasteiger partial charge in [0.05, 0.1) is 19.8 Å². The number of hydrogen-bond acceptors (Lipinski definition) is 4. The molecule has 4 nitrogen and oxygen atoms in total. The molecule has 0 aliphatic carbocycles. The van der Waals surface area contributed by atoms with Gasteiger partial charge in [-0.15, -0.1) is 0 Å². The van der Waals surface area contributed by atoms with Gasteiger partial charge in [-0.1, -0.05) is 6.07 Å². The molecule has 0 saturated heterocycles. The maximum Gasteiger partial charge on any atom is 0.122 e. The minimum Gasteiger partial charge on any atom is -0.494 e. The highest BCUT2D eigenvalue weighted by atomic mass is 16.5. The Hall–Kier alpha value is -1.26. The van der Waals surface area contributed by atoms with Gasteiger partial charge in [0, 0.05) is 24.6 Å². The summed E-state index contributed by atoms with van der Waals surface area (Å²) in [5.41, 5.74) is 5.55. The average Bonchev–Trinajstić information content (AvgIpc) is 2.33. The van der Waals surface area contributed by atoms with Gasteiger partial charge in [-0.3, -0.25) is 0 Å². The van der Waals surface area contributed by atoms with Crippen LogP contribution < -0.4 is 15.2 Å². The van der Waals surface area contributed by atoms with E-state index in [1.165, 1.54) is 0 Å². The van der Waals surface area contributed by atoms with Crippen LogP contribution in [0.15, 0.2) is 24.3 Å². The van der Waals surface area contributed by atoms with Crippen LogP contribution in [0.5, 0.6) is 11.5 Å². The standard InChI is InChI=1S/C15H25NO3/c1-4-18-13-7-5-8-14(11-13)19-10-6-9-17-12-15(2,3)16/h5,7-8,11H,4,6,9-10,12,16H2,1-3H3. The Morgan fingerprint density at radius 3 is 2.42 bits per heavy atom. The van der Waals surface area contributed by atoms with Gasteiger partial charge < -0.3 is 19.9 Å². The summed E-state index contributed by atoms with van der Waals surface area (Å²) < 4.78 is 16.5. The molecule has 0 aromatic heterocycles. The zero-order chi connectivity index (χ0) is 14.1. The van der Waals surface area contributed by atoms with Crippen molar-refractivity contribution in [1.82, 2.24) is 0 Å². The highest BCUT2D eigenvalue weighted by molar-refractivity contribution is 5.32. The van der Waals surface area contributed by atoms with E-state index in [9.17, 15) is 0 Å². The molecule has 19 heavy (non-hydrogen) atoms. The van der Waals surface area contributed by atoms with E-state index in [2.05, 4.69) is 0 Å². The third kappa shape index (κ3) is 7.70. The Balaban J connectivity index is 2.17. The topological polar surface area (TPSA) is 53.7 Å². The lowest BCUT2D eigenvalue weighted by Crippen LogP contribution is -2.37. The van der Waals surface area contributed by atoms with Gasteiger partial charge in [-0.05, 0) is 32.9 Å². The molecule has 1 aromatic rings. The van der Waals surface area contributed by atoms with Crippen molar-refractivity contribution < 1.29 is 14.2 Å². The van der Waals surface area contributed by atoms with E-state index >= 15 is 0 Å². The zero-order valence-corrected chi connectivity index (χ0v) is 12.1. The van der Waals surface area contributed by atoms with Crippen LogP contribution in [0.3, 0.4) is 0 Å². The summed E-state index contributed by atoms with van der Waals surface area (Å²) in [6.07, 6.45) is 0.842. The molecule has 0 amide bonds. The first kappa shape index (κ1) is 15.8. The number of ether oxygens (including phenoxy) is 3. The Morgan fingerprint density at radius 1 is 1.11 bits per heavy atom. The fraction of sp³-hybridized carbons (Fsp3) is 0.600. The second-order valence-electron chi connectivity index (χ2n) is 5.15. The van der Waals surface area contributed by atoms with Crippen LogP contribution in [0.1, 0.15) is 27.2 Å². The van der Waals surface area contributed by atoms with E-state index in [1.54, 1.807) is 0 Å². The second-order valence-corrected chi connectivity index (χ2v) is 5.15. The van der Waals surface area contributed by atoms with Crippen molar-refractivity contribution in [2.24, 2.45) is 5.73 Å². The summed E-state index contributed by atoms with van der Waals surface area (Å²) in [4.78, 5) is 0. The van der Waals surface area contributed by atoms with Crippen molar-refractivity contribution in [2.75, 3.05) is 26.4 Å². The van der Waals surface area contributed by atoms with E-state index < -0.39 is 0 Å². The number of rotatable bonds is 9. The summed E-state index contributed by atoms with van der Waals surface area (Å²) in [6, 6.07) is 7.66. The molecule has 1 aromatic carbocycles. The van der Waals surface area contributed by atoms with Crippen LogP contribution in [0.2, 0.25) is 0 Å². The molecule has 1 rings (SSSR count). The van der Waals surface area contributed by atoms with E-state index in [4.69, 9.17) is 19.9 Å². The molecule has 0 bridgehead atoms. The Kier molecular flexibility index (Phi) is 6.67. The molecule has 0 fully saturated rings. The van der Waals surface area contributed by atoms with E-state index in [1.807, 2.05) is 45.0 Å². The SMILES string of the molecule is CCOc1cccc(OCCCOCC(C)(C)N)c1. The van der Waals surface area contributed by atoms with E-state index in [-0.39, 0.29) is 5.54 Å². The third-order valence-electron chi connectivity index (χ3n) is 2.29. The van der Waals surface area contributed by atoms with Crippen molar-refractivity contribution >= 4 is 0 Å². The zero-order valence-electron chi connectivity index (χ0n) is 12.1. The molecule has 0 heterocycles. The van der Waals surface area contributed by atoms with Gasteiger partial charge in [-0.2, -0.15) is 0 Å². The van der Waals surface area contributed by atoms with Gasteiger partial charge in [0.1, 0.15) is 11.5 Å². The van der Waals surface area contributed by atoms with Crippen LogP contribution in [-0.2, 0) is 4.74 Å². The van der Waals surface area contributed by atoms with Gasteiger partial charge in [0.25, 0.3) is 0 Å². The van der Waals surface area contributed by atoms with E-state index in [0.717, 1.165) is 17.9 Å². The number of hydrogen-bond donors (Lipinski definition) is 1. The summed E-state index contributed by atoms with van der Waals surface area (Å²) >= 11 is 0. The Labute approximate surface area is 115 Å². The van der Waals surface area contributed by atoms with Gasteiger partial charge in [-0.25, -0.2) is 0 Å². The molecule has 4 heteroatoms. The molecule has 108 valence electrons. The highest BCUT2D eigenvalue weighted by Crippen LogP contribution is 2.19. The fourth-order valence-corrected chi connectivity index (χ4v) is 1.51. The quantitative estimate of drug-likeness (QED) is 0.699. The van der Waals surface area contributed by atoms with Crippen molar-refractivity contribution in [2.45, 2.75) is 32.7 Å². The largest absolute Gasteiger partial charge is 0.494 e. The monoisotopic (exact) mass is 267 g/mol. The molecular formula is C15H25NO3. The molecule has 2 N–H and O–H groups in total. The van der Waals surface area contributed by atoms with Crippen molar-refractivity contribution in [3.8, 4) is 11.5 Å². The normalized spacial score (nSPS) is 11.4. The maximum absolute atomic E-state index is 5.82. The molecule has 0 aliphatic rings. The number of benzene rings is 1. The van der Waals surface area contributed by atoms with Crippen LogP contribution in [0, 0.1) is 0 Å². The van der Waals surface area contributed by atoms with Crippen molar-refractivity contribution in [3.63, 3.8) is 0 Å². The lowest BCUT2D eigenvalue weighted by molar-refractivity contribution is 0.0870. The summed E-state index contributed by atoms with van der Waals surface area (Å²) in [7, 11) is 0. The van der Waals surface area contributed by atoms with Crippen molar-refractivity contribution in [3.05, 3.63) is 24.3 Å². The van der Waals surface area contributed by atoms with Gasteiger partial charge in [0.15, 0.2) is 0 Å². The second kappa shape index (κ2) is 8.02. The molecule has 0 atom stereocenters. The third-order valence-corrected chi connectivity index (χ3v) is 2.29. The molecular weight excluding hydrogens is 242 g/mol. The van der Waals surface area contributed by atoms with Crippen molar-refractivity contribution in [1.29, 1.82) is 0 Å². The fourth-order valence-electron chi connectivity index (χ4n) is 1.51. The Morgan fingerprint density at radius 2 is 1.79 bits per heavy atom. The van der Waals surface area contributed by atoms with Crippen LogP contribution in [0.4, 0.5) is 0 Å². The first-order valence-corrected chi connectivity index (χ1v) is 6.73. The summed E-state index contributed by atoms with van der Waals surface area (Å²) in [5.74, 6) is 1.66. The smallest absolute Gasteiger partial charge is 0.122 e. The van der Waals surface area contributed by atoms with Crippen LogP contribution in [0.25, 0.3) is 0 Å². The summed E-state index contributed by atoms with van der Waals surface area (Å²) in [6.45, 7) is 8.36. The van der Waals surface area contributed by atoms with E-state index in [0.29, 0.717) is 26.4 Å². The molecule has 0 spiro atoms. The first-order chi connectivity index (χ1) is 9.01. The average molecular weight is 267 g/mol. The molecule has 0 unspecified atom stereocenters. The highest BCUT2D eigenvalue weighted by Gasteiger charge is 2.09. The van der Waals surface area contributed by atoms with Gasteiger partial charge in [0.2, 0.25) is 0 Å². The first-order valence-electron chi connectivity index (χ1n) is 6.73.